The lowest BCUT2D eigenvalue weighted by Gasteiger charge is -2.32. The van der Waals surface area contributed by atoms with Crippen molar-refractivity contribution < 1.29 is 9.53 Å². The Balaban J connectivity index is 3.16. The predicted molar refractivity (Wildman–Crippen MR) is 76.8 cm³/mol. The molecule has 0 aliphatic rings. The van der Waals surface area contributed by atoms with Crippen LogP contribution >= 0.6 is 11.8 Å². The van der Waals surface area contributed by atoms with Crippen molar-refractivity contribution in [3.8, 4) is 0 Å². The third-order valence-corrected chi connectivity index (χ3v) is 3.45. The Morgan fingerprint density at radius 1 is 1.33 bits per heavy atom. The van der Waals surface area contributed by atoms with Gasteiger partial charge in [0.1, 0.15) is 0 Å². The lowest BCUT2D eigenvalue weighted by Crippen LogP contribution is -2.52. The largest absolute Gasteiger partial charge is 0.464 e. The zero-order chi connectivity index (χ0) is 13.4. The maximum Gasteiger partial charge on any atom is 0.331 e. The van der Waals surface area contributed by atoms with Gasteiger partial charge in [-0.05, 0) is 25.3 Å². The fourth-order valence-corrected chi connectivity index (χ4v) is 2.80. The molecule has 0 bridgehead atoms. The number of rotatable bonds is 7. The molecule has 0 spiro atoms. The van der Waals surface area contributed by atoms with Gasteiger partial charge in [-0.15, -0.1) is 0 Å². The van der Waals surface area contributed by atoms with Crippen molar-refractivity contribution >= 4 is 17.7 Å². The van der Waals surface area contributed by atoms with Crippen molar-refractivity contribution in [2.24, 2.45) is 0 Å². The second-order valence-electron chi connectivity index (χ2n) is 3.96. The molecule has 1 rings (SSSR count). The molecule has 0 aromatic heterocycles. The van der Waals surface area contributed by atoms with E-state index in [0.717, 1.165) is 5.56 Å². The van der Waals surface area contributed by atoms with Crippen LogP contribution in [0.3, 0.4) is 0 Å². The number of thioether (sulfide) groups is 1. The van der Waals surface area contributed by atoms with E-state index in [1.807, 2.05) is 50.4 Å². The van der Waals surface area contributed by atoms with E-state index in [1.165, 1.54) is 0 Å². The molecular formula is C14H21NO2S. The van der Waals surface area contributed by atoms with Gasteiger partial charge in [-0.3, -0.25) is 5.32 Å². The number of nitrogens with one attached hydrogen (secondary N) is 1. The van der Waals surface area contributed by atoms with E-state index in [4.69, 9.17) is 4.74 Å². The van der Waals surface area contributed by atoms with Gasteiger partial charge in [0.05, 0.1) is 6.61 Å². The normalized spacial score (nSPS) is 13.9. The zero-order valence-corrected chi connectivity index (χ0v) is 12.0. The fourth-order valence-electron chi connectivity index (χ4n) is 1.98. The first kappa shape index (κ1) is 15.1. The van der Waals surface area contributed by atoms with Gasteiger partial charge in [0, 0.05) is 5.75 Å². The highest BCUT2D eigenvalue weighted by Crippen LogP contribution is 2.26. The Kier molecular flexibility index (Phi) is 6.22. The highest BCUT2D eigenvalue weighted by molar-refractivity contribution is 7.98. The number of ether oxygens (including phenoxy) is 1. The molecule has 1 N–H and O–H groups in total. The Morgan fingerprint density at radius 2 is 2.00 bits per heavy atom. The summed E-state index contributed by atoms with van der Waals surface area (Å²) < 4.78 is 5.25. The molecule has 0 aliphatic heterocycles. The van der Waals surface area contributed by atoms with E-state index in [1.54, 1.807) is 11.8 Å². The van der Waals surface area contributed by atoms with Crippen molar-refractivity contribution in [1.29, 1.82) is 0 Å². The minimum Gasteiger partial charge on any atom is -0.464 e. The van der Waals surface area contributed by atoms with Crippen LogP contribution in [0.2, 0.25) is 0 Å². The van der Waals surface area contributed by atoms with E-state index in [-0.39, 0.29) is 5.97 Å². The molecule has 0 fully saturated rings. The summed E-state index contributed by atoms with van der Waals surface area (Å²) in [5, 5.41) is 3.30. The first-order valence-electron chi connectivity index (χ1n) is 6.18. The number of carbonyl (C=O) groups excluding carboxylic acids is 1. The average molecular weight is 267 g/mol. The number of benzene rings is 1. The number of hydrogen-bond donors (Lipinski definition) is 1. The second kappa shape index (κ2) is 7.44. The van der Waals surface area contributed by atoms with E-state index in [9.17, 15) is 4.79 Å². The molecule has 0 amide bonds. The van der Waals surface area contributed by atoms with Gasteiger partial charge in [0.15, 0.2) is 5.54 Å². The van der Waals surface area contributed by atoms with Crippen molar-refractivity contribution in [3.05, 3.63) is 35.9 Å². The third-order valence-electron chi connectivity index (χ3n) is 2.73. The zero-order valence-electron chi connectivity index (χ0n) is 11.2. The SMILES string of the molecule is CCNC(CSC)(C(=O)OCC)c1ccccc1. The average Bonchev–Trinajstić information content (AvgIpc) is 2.39. The van der Waals surface area contributed by atoms with Crippen LogP contribution in [0.4, 0.5) is 0 Å². The molecule has 1 atom stereocenters. The van der Waals surface area contributed by atoms with E-state index < -0.39 is 5.54 Å². The summed E-state index contributed by atoms with van der Waals surface area (Å²) in [7, 11) is 0. The maximum absolute atomic E-state index is 12.3. The number of esters is 1. The Morgan fingerprint density at radius 3 is 2.50 bits per heavy atom. The number of hydrogen-bond acceptors (Lipinski definition) is 4. The molecule has 0 saturated heterocycles. The molecule has 4 heteroatoms. The van der Waals surface area contributed by atoms with Crippen LogP contribution < -0.4 is 5.32 Å². The lowest BCUT2D eigenvalue weighted by molar-refractivity contribution is -0.150. The first-order chi connectivity index (χ1) is 8.71. The smallest absolute Gasteiger partial charge is 0.331 e. The molecule has 3 nitrogen and oxygen atoms in total. The van der Waals surface area contributed by atoms with E-state index in [2.05, 4.69) is 5.32 Å². The van der Waals surface area contributed by atoms with Crippen molar-refractivity contribution in [2.75, 3.05) is 25.2 Å². The molecule has 1 aromatic rings. The van der Waals surface area contributed by atoms with Crippen molar-refractivity contribution in [1.82, 2.24) is 5.32 Å². The van der Waals surface area contributed by atoms with E-state index >= 15 is 0 Å². The monoisotopic (exact) mass is 267 g/mol. The molecular weight excluding hydrogens is 246 g/mol. The Hall–Kier alpha value is -1.00. The number of likely N-dealkylation sites (N-methyl/N-ethyl adjacent to an activating group) is 1. The molecule has 0 heterocycles. The summed E-state index contributed by atoms with van der Waals surface area (Å²) in [6.45, 7) is 4.94. The summed E-state index contributed by atoms with van der Waals surface area (Å²) in [6, 6.07) is 9.78. The first-order valence-corrected chi connectivity index (χ1v) is 7.57. The molecule has 1 unspecified atom stereocenters. The lowest BCUT2D eigenvalue weighted by atomic mass is 9.91. The van der Waals surface area contributed by atoms with Crippen molar-refractivity contribution in [2.45, 2.75) is 19.4 Å². The molecule has 100 valence electrons. The van der Waals surface area contributed by atoms with Crippen LogP contribution in [0.1, 0.15) is 19.4 Å². The van der Waals surface area contributed by atoms with Gasteiger partial charge in [0.2, 0.25) is 0 Å². The van der Waals surface area contributed by atoms with Crippen LogP contribution in [0, 0.1) is 0 Å². The molecule has 1 aromatic carbocycles. The minimum absolute atomic E-state index is 0.201. The van der Waals surface area contributed by atoms with Crippen LogP contribution in [-0.4, -0.2) is 31.1 Å². The Bertz CT molecular complexity index is 361. The minimum atomic E-state index is -0.745. The summed E-state index contributed by atoms with van der Waals surface area (Å²) >= 11 is 1.63. The van der Waals surface area contributed by atoms with Crippen LogP contribution in [0.25, 0.3) is 0 Å². The van der Waals surface area contributed by atoms with Gasteiger partial charge in [-0.1, -0.05) is 37.3 Å². The third kappa shape index (κ3) is 3.27. The van der Waals surface area contributed by atoms with Gasteiger partial charge in [0.25, 0.3) is 0 Å². The molecule has 0 radical (unpaired) electrons. The maximum atomic E-state index is 12.3. The van der Waals surface area contributed by atoms with Crippen LogP contribution in [0.5, 0.6) is 0 Å². The predicted octanol–water partition coefficient (Wildman–Crippen LogP) is 2.42. The van der Waals surface area contributed by atoms with Gasteiger partial charge < -0.3 is 4.74 Å². The van der Waals surface area contributed by atoms with E-state index in [0.29, 0.717) is 18.9 Å². The second-order valence-corrected chi connectivity index (χ2v) is 4.82. The highest BCUT2D eigenvalue weighted by atomic mass is 32.2. The molecule has 18 heavy (non-hydrogen) atoms. The fraction of sp³-hybridized carbons (Fsp3) is 0.500. The van der Waals surface area contributed by atoms with Gasteiger partial charge in [-0.2, -0.15) is 11.8 Å². The summed E-state index contributed by atoms with van der Waals surface area (Å²) in [4.78, 5) is 12.3. The van der Waals surface area contributed by atoms with Crippen LogP contribution in [0.15, 0.2) is 30.3 Å². The Labute approximate surface area is 113 Å². The van der Waals surface area contributed by atoms with Crippen molar-refractivity contribution in [3.63, 3.8) is 0 Å². The number of carbonyl (C=O) groups is 1. The summed E-state index contributed by atoms with van der Waals surface area (Å²) in [5.74, 6) is 0.455. The summed E-state index contributed by atoms with van der Waals surface area (Å²) in [5.41, 5.74) is 0.213. The standard InChI is InChI=1S/C14H21NO2S/c1-4-15-14(11-18-3,13(16)17-5-2)12-9-7-6-8-10-12/h6-10,15H,4-5,11H2,1-3H3. The highest BCUT2D eigenvalue weighted by Gasteiger charge is 2.40. The quantitative estimate of drug-likeness (QED) is 0.770. The van der Waals surface area contributed by atoms with Gasteiger partial charge >= 0.3 is 5.97 Å². The molecule has 0 aliphatic carbocycles. The van der Waals surface area contributed by atoms with Crippen LogP contribution in [-0.2, 0) is 15.1 Å². The topological polar surface area (TPSA) is 38.3 Å². The molecule has 0 saturated carbocycles. The van der Waals surface area contributed by atoms with Gasteiger partial charge in [-0.25, -0.2) is 4.79 Å². The summed E-state index contributed by atoms with van der Waals surface area (Å²) in [6.07, 6.45) is 1.99.